The van der Waals surface area contributed by atoms with Crippen LogP contribution in [0.1, 0.15) is 31.1 Å². The molecule has 0 radical (unpaired) electrons. The van der Waals surface area contributed by atoms with Crippen molar-refractivity contribution < 1.29 is 23.5 Å². The maximum absolute atomic E-state index is 13.7. The number of aromatic nitrogens is 2. The standard InChI is InChI=1S/C24H31ClN3O5P/c1-27(14-8-7-13-25)34(30,31-16-19-9-3-2-4-10-19)32-17-23-22(29)15-24(33-23)28-18-26-20-11-5-6-12-21(20)28/h2-6,9-12,18,22-24,29H,7-8,13-17H2,1H3. The topological polar surface area (TPSA) is 86.0 Å². The normalized spacial score (nSPS) is 22.4. The number of halogens is 1. The van der Waals surface area contributed by atoms with E-state index in [9.17, 15) is 9.67 Å². The molecule has 2 aromatic carbocycles. The summed E-state index contributed by atoms with van der Waals surface area (Å²) in [6.45, 7) is 0.600. The van der Waals surface area contributed by atoms with Gasteiger partial charge in [-0.05, 0) is 37.6 Å². The second-order valence-corrected chi connectivity index (χ2v) is 10.9. The van der Waals surface area contributed by atoms with Gasteiger partial charge < -0.3 is 14.4 Å². The van der Waals surface area contributed by atoms with Crippen molar-refractivity contribution >= 4 is 30.4 Å². The molecular weight excluding hydrogens is 477 g/mol. The zero-order valence-electron chi connectivity index (χ0n) is 19.2. The lowest BCUT2D eigenvalue weighted by Crippen LogP contribution is -2.28. The van der Waals surface area contributed by atoms with E-state index < -0.39 is 20.0 Å². The molecule has 1 aliphatic heterocycles. The van der Waals surface area contributed by atoms with Gasteiger partial charge in [-0.1, -0.05) is 42.5 Å². The molecule has 0 amide bonds. The molecule has 0 aliphatic carbocycles. The average molecular weight is 508 g/mol. The third-order valence-corrected chi connectivity index (χ3v) is 8.15. The van der Waals surface area contributed by atoms with Crippen LogP contribution in [0.15, 0.2) is 60.9 Å². The van der Waals surface area contributed by atoms with Crippen molar-refractivity contribution in [2.75, 3.05) is 26.1 Å². The van der Waals surface area contributed by atoms with E-state index in [0.717, 1.165) is 29.4 Å². The molecule has 8 nitrogen and oxygen atoms in total. The molecular formula is C24H31ClN3O5P. The van der Waals surface area contributed by atoms with Crippen molar-refractivity contribution in [3.63, 3.8) is 0 Å². The Kier molecular flexibility index (Phi) is 8.77. The van der Waals surface area contributed by atoms with E-state index >= 15 is 0 Å². The first-order valence-corrected chi connectivity index (χ1v) is 13.5. The van der Waals surface area contributed by atoms with E-state index in [2.05, 4.69) is 4.98 Å². The van der Waals surface area contributed by atoms with Crippen LogP contribution < -0.4 is 0 Å². The molecule has 2 heterocycles. The largest absolute Gasteiger partial charge is 0.408 e. The van der Waals surface area contributed by atoms with E-state index in [1.807, 2.05) is 59.2 Å². The summed E-state index contributed by atoms with van der Waals surface area (Å²) in [7, 11) is -1.92. The summed E-state index contributed by atoms with van der Waals surface area (Å²) in [4.78, 5) is 4.40. The zero-order chi connectivity index (χ0) is 24.0. The van der Waals surface area contributed by atoms with E-state index in [4.69, 9.17) is 25.4 Å². The number of para-hydroxylation sites is 2. The fraction of sp³-hybridized carbons (Fsp3) is 0.458. The van der Waals surface area contributed by atoms with Gasteiger partial charge in [-0.25, -0.2) is 14.2 Å². The molecule has 0 spiro atoms. The Bertz CT molecular complexity index is 1100. The Labute approximate surface area is 205 Å². The molecule has 10 heteroatoms. The maximum Gasteiger partial charge on any atom is 0.408 e. The summed E-state index contributed by atoms with van der Waals surface area (Å²) >= 11 is 5.80. The van der Waals surface area contributed by atoms with Gasteiger partial charge in [-0.3, -0.25) is 9.05 Å². The van der Waals surface area contributed by atoms with Gasteiger partial charge in [0.2, 0.25) is 0 Å². The lowest BCUT2D eigenvalue weighted by molar-refractivity contribution is -0.0427. The molecule has 184 valence electrons. The molecule has 1 fully saturated rings. The van der Waals surface area contributed by atoms with Crippen LogP contribution in [0.5, 0.6) is 0 Å². The number of aliphatic hydroxyl groups is 1. The zero-order valence-corrected chi connectivity index (χ0v) is 20.9. The lowest BCUT2D eigenvalue weighted by Gasteiger charge is -2.28. The third kappa shape index (κ3) is 6.07. The molecule has 1 aromatic heterocycles. The first-order valence-electron chi connectivity index (χ1n) is 11.5. The van der Waals surface area contributed by atoms with Gasteiger partial charge in [0.1, 0.15) is 12.3 Å². The maximum atomic E-state index is 13.7. The Morgan fingerprint density at radius 2 is 1.94 bits per heavy atom. The quantitative estimate of drug-likeness (QED) is 0.210. The predicted octanol–water partition coefficient (Wildman–Crippen LogP) is 4.98. The second-order valence-electron chi connectivity index (χ2n) is 8.37. The van der Waals surface area contributed by atoms with E-state index in [1.54, 1.807) is 18.0 Å². The third-order valence-electron chi connectivity index (χ3n) is 5.92. The minimum absolute atomic E-state index is 0.0593. The smallest absolute Gasteiger partial charge is 0.390 e. The fourth-order valence-corrected chi connectivity index (χ4v) is 5.63. The van der Waals surface area contributed by atoms with Crippen molar-refractivity contribution in [1.82, 2.24) is 14.2 Å². The Balaban J connectivity index is 1.41. The van der Waals surface area contributed by atoms with Crippen molar-refractivity contribution in [1.29, 1.82) is 0 Å². The van der Waals surface area contributed by atoms with Crippen LogP contribution in [0.25, 0.3) is 11.0 Å². The predicted molar refractivity (Wildman–Crippen MR) is 132 cm³/mol. The summed E-state index contributed by atoms with van der Waals surface area (Å²) in [5.74, 6) is 0.538. The van der Waals surface area contributed by atoms with Gasteiger partial charge in [0.25, 0.3) is 0 Å². The SMILES string of the molecule is CN(CCCCCl)P(=O)(OCc1ccccc1)OCC1OC(n2cnc3ccccc32)CC1O. The number of fused-ring (bicyclic) bond motifs is 1. The molecule has 0 bridgehead atoms. The number of benzene rings is 2. The van der Waals surface area contributed by atoms with Crippen LogP contribution in [0.4, 0.5) is 0 Å². The number of unbranched alkanes of at least 4 members (excludes halogenated alkanes) is 1. The minimum atomic E-state index is -3.63. The molecule has 1 aliphatic rings. The van der Waals surface area contributed by atoms with Gasteiger partial charge in [0.05, 0.1) is 36.7 Å². The number of rotatable bonds is 12. The van der Waals surface area contributed by atoms with Crippen LogP contribution >= 0.6 is 19.3 Å². The molecule has 4 atom stereocenters. The summed E-state index contributed by atoms with van der Waals surface area (Å²) in [6, 6.07) is 17.3. The van der Waals surface area contributed by atoms with Crippen LogP contribution in [0.3, 0.4) is 0 Å². The van der Waals surface area contributed by atoms with Gasteiger partial charge in [-0.15, -0.1) is 11.6 Å². The molecule has 1 N–H and O–H groups in total. The van der Waals surface area contributed by atoms with Crippen LogP contribution in [0.2, 0.25) is 0 Å². The van der Waals surface area contributed by atoms with E-state index in [1.165, 1.54) is 0 Å². The highest BCUT2D eigenvalue weighted by atomic mass is 35.5. The number of hydrogen-bond acceptors (Lipinski definition) is 6. The Morgan fingerprint density at radius 3 is 2.74 bits per heavy atom. The van der Waals surface area contributed by atoms with Crippen molar-refractivity contribution in [2.45, 2.75) is 44.3 Å². The van der Waals surface area contributed by atoms with Crippen LogP contribution in [-0.4, -0.2) is 57.6 Å². The number of ether oxygens (including phenoxy) is 1. The molecule has 3 aromatic rings. The number of alkyl halides is 1. The molecule has 1 saturated heterocycles. The lowest BCUT2D eigenvalue weighted by atomic mass is 10.2. The highest BCUT2D eigenvalue weighted by Crippen LogP contribution is 2.52. The monoisotopic (exact) mass is 507 g/mol. The highest BCUT2D eigenvalue weighted by molar-refractivity contribution is 7.51. The molecule has 34 heavy (non-hydrogen) atoms. The summed E-state index contributed by atoms with van der Waals surface area (Å²) in [6.07, 6.45) is 1.86. The first kappa shape index (κ1) is 25.3. The van der Waals surface area contributed by atoms with Crippen LogP contribution in [-0.2, 0) is 25.0 Å². The van der Waals surface area contributed by atoms with Crippen LogP contribution in [0, 0.1) is 0 Å². The summed E-state index contributed by atoms with van der Waals surface area (Å²) < 4.78 is 35.0. The molecule has 4 rings (SSSR count). The van der Waals surface area contributed by atoms with E-state index in [-0.39, 0.29) is 19.4 Å². The van der Waals surface area contributed by atoms with E-state index in [0.29, 0.717) is 18.8 Å². The number of hydrogen-bond donors (Lipinski definition) is 1. The summed E-state index contributed by atoms with van der Waals surface area (Å²) in [5, 5.41) is 10.6. The van der Waals surface area contributed by atoms with Gasteiger partial charge >= 0.3 is 7.75 Å². The van der Waals surface area contributed by atoms with Gasteiger partial charge in [0.15, 0.2) is 0 Å². The second kappa shape index (κ2) is 11.8. The van der Waals surface area contributed by atoms with Crippen molar-refractivity contribution in [3.8, 4) is 0 Å². The van der Waals surface area contributed by atoms with Crippen molar-refractivity contribution in [2.24, 2.45) is 0 Å². The summed E-state index contributed by atoms with van der Waals surface area (Å²) in [5.41, 5.74) is 2.68. The van der Waals surface area contributed by atoms with Gasteiger partial charge in [-0.2, -0.15) is 0 Å². The molecule has 0 saturated carbocycles. The first-order chi connectivity index (χ1) is 16.5. The Hall–Kier alpha value is -1.77. The van der Waals surface area contributed by atoms with Gasteiger partial charge in [0, 0.05) is 18.8 Å². The number of aliphatic hydroxyl groups excluding tert-OH is 1. The minimum Gasteiger partial charge on any atom is -0.390 e. The number of nitrogens with zero attached hydrogens (tertiary/aromatic N) is 3. The highest BCUT2D eigenvalue weighted by Gasteiger charge is 2.39. The average Bonchev–Trinajstić information content (AvgIpc) is 3.45. The van der Waals surface area contributed by atoms with Crippen molar-refractivity contribution in [3.05, 3.63) is 66.5 Å². The fourth-order valence-electron chi connectivity index (χ4n) is 3.93. The molecule has 4 unspecified atom stereocenters. The Morgan fingerprint density at radius 1 is 1.18 bits per heavy atom. The number of imidazole rings is 1.